The molecule has 3 heterocycles. The van der Waals surface area contributed by atoms with Crippen LogP contribution >= 0.6 is 15.9 Å². The van der Waals surface area contributed by atoms with Crippen LogP contribution in [0, 0.1) is 12.8 Å². The molecule has 1 aliphatic heterocycles. The predicted molar refractivity (Wildman–Crippen MR) is 74.3 cm³/mol. The number of piperidine rings is 1. The van der Waals surface area contributed by atoms with Gasteiger partial charge in [-0.1, -0.05) is 15.9 Å². The van der Waals surface area contributed by atoms with Gasteiger partial charge in [0.2, 0.25) is 0 Å². The van der Waals surface area contributed by atoms with Crippen molar-refractivity contribution in [1.29, 1.82) is 0 Å². The van der Waals surface area contributed by atoms with E-state index in [0.717, 1.165) is 35.8 Å². The maximum absolute atomic E-state index is 4.38. The lowest BCUT2D eigenvalue weighted by Gasteiger charge is -2.32. The van der Waals surface area contributed by atoms with E-state index in [4.69, 9.17) is 0 Å². The van der Waals surface area contributed by atoms with E-state index >= 15 is 0 Å². The summed E-state index contributed by atoms with van der Waals surface area (Å²) in [6.07, 6.45) is 4.02. The Kier molecular flexibility index (Phi) is 3.20. The number of aryl methyl sites for hydroxylation is 1. The Balaban J connectivity index is 1.92. The Bertz CT molecular complexity index is 544. The molecule has 0 spiro atoms. The molecular formula is C12H16BrN5. The van der Waals surface area contributed by atoms with Gasteiger partial charge in [-0.15, -0.1) is 0 Å². The summed E-state index contributed by atoms with van der Waals surface area (Å²) in [5.41, 5.74) is 0.994. The van der Waals surface area contributed by atoms with E-state index in [1.807, 2.05) is 11.4 Å². The normalized spacial score (nSPS) is 17.6. The van der Waals surface area contributed by atoms with Crippen molar-refractivity contribution in [3.8, 4) is 0 Å². The Labute approximate surface area is 114 Å². The fourth-order valence-corrected chi connectivity index (χ4v) is 3.10. The summed E-state index contributed by atoms with van der Waals surface area (Å²) in [6.45, 7) is 4.16. The maximum Gasteiger partial charge on any atom is 0.254 e. The second-order valence-corrected chi connectivity index (χ2v) is 5.46. The van der Waals surface area contributed by atoms with Gasteiger partial charge in [0.1, 0.15) is 12.1 Å². The first-order valence-corrected chi connectivity index (χ1v) is 7.38. The molecule has 0 atom stereocenters. The van der Waals surface area contributed by atoms with Crippen LogP contribution in [0.25, 0.3) is 5.78 Å². The minimum atomic E-state index is 0.688. The van der Waals surface area contributed by atoms with Crippen LogP contribution < -0.4 is 4.90 Å². The molecule has 0 bridgehead atoms. The van der Waals surface area contributed by atoms with Gasteiger partial charge in [0.15, 0.2) is 0 Å². The van der Waals surface area contributed by atoms with Crippen molar-refractivity contribution in [3.05, 3.63) is 18.1 Å². The van der Waals surface area contributed by atoms with Crippen molar-refractivity contribution in [2.75, 3.05) is 23.3 Å². The number of nitrogens with zero attached hydrogens (tertiary/aromatic N) is 5. The van der Waals surface area contributed by atoms with Gasteiger partial charge in [0, 0.05) is 30.2 Å². The quantitative estimate of drug-likeness (QED) is 0.797. The average molecular weight is 310 g/mol. The highest BCUT2D eigenvalue weighted by atomic mass is 79.9. The summed E-state index contributed by atoms with van der Waals surface area (Å²) in [5.74, 6) is 2.60. The second kappa shape index (κ2) is 4.84. The molecule has 5 nitrogen and oxygen atoms in total. The summed E-state index contributed by atoms with van der Waals surface area (Å²) < 4.78 is 1.83. The topological polar surface area (TPSA) is 46.3 Å². The monoisotopic (exact) mass is 309 g/mol. The molecule has 0 N–H and O–H groups in total. The van der Waals surface area contributed by atoms with E-state index in [1.54, 1.807) is 6.33 Å². The van der Waals surface area contributed by atoms with Crippen LogP contribution in [0.2, 0.25) is 0 Å². The van der Waals surface area contributed by atoms with Gasteiger partial charge in [-0.2, -0.15) is 14.6 Å². The number of rotatable bonds is 2. The minimum Gasteiger partial charge on any atom is -0.356 e. The molecule has 0 unspecified atom stereocenters. The second-order valence-electron chi connectivity index (χ2n) is 4.81. The molecule has 2 aromatic rings. The van der Waals surface area contributed by atoms with Crippen LogP contribution in [-0.4, -0.2) is 38.0 Å². The minimum absolute atomic E-state index is 0.688. The molecule has 0 radical (unpaired) electrons. The van der Waals surface area contributed by atoms with Gasteiger partial charge in [-0.3, -0.25) is 0 Å². The lowest BCUT2D eigenvalue weighted by molar-refractivity contribution is 0.443. The highest BCUT2D eigenvalue weighted by molar-refractivity contribution is 9.09. The van der Waals surface area contributed by atoms with Crippen LogP contribution in [0.15, 0.2) is 12.4 Å². The largest absolute Gasteiger partial charge is 0.356 e. The fraction of sp³-hybridized carbons (Fsp3) is 0.583. The van der Waals surface area contributed by atoms with Crippen LogP contribution in [0.5, 0.6) is 0 Å². The zero-order valence-corrected chi connectivity index (χ0v) is 12.0. The molecule has 0 amide bonds. The van der Waals surface area contributed by atoms with E-state index in [9.17, 15) is 0 Å². The SMILES string of the molecule is Cc1cc(N2CCC(CBr)CC2)n2ncnc2n1. The first-order valence-electron chi connectivity index (χ1n) is 6.26. The predicted octanol–water partition coefficient (Wildman–Crippen LogP) is 2.04. The van der Waals surface area contributed by atoms with Gasteiger partial charge >= 0.3 is 0 Å². The smallest absolute Gasteiger partial charge is 0.254 e. The van der Waals surface area contributed by atoms with E-state index in [1.165, 1.54) is 12.8 Å². The third-order valence-electron chi connectivity index (χ3n) is 3.52. The van der Waals surface area contributed by atoms with Crippen LogP contribution in [0.3, 0.4) is 0 Å². The summed E-state index contributed by atoms with van der Waals surface area (Å²) in [5, 5.41) is 5.37. The molecule has 6 heteroatoms. The Morgan fingerprint density at radius 1 is 1.39 bits per heavy atom. The summed E-state index contributed by atoms with van der Waals surface area (Å²) >= 11 is 3.58. The highest BCUT2D eigenvalue weighted by Gasteiger charge is 2.21. The molecule has 1 aliphatic rings. The van der Waals surface area contributed by atoms with E-state index in [2.05, 4.69) is 42.0 Å². The lowest BCUT2D eigenvalue weighted by atomic mass is 9.99. The molecule has 18 heavy (non-hydrogen) atoms. The first-order chi connectivity index (χ1) is 8.78. The van der Waals surface area contributed by atoms with Crippen molar-refractivity contribution >= 4 is 27.5 Å². The van der Waals surface area contributed by atoms with Gasteiger partial charge in [-0.25, -0.2) is 4.98 Å². The summed E-state index contributed by atoms with van der Waals surface area (Å²) in [4.78, 5) is 10.9. The molecule has 0 aliphatic carbocycles. The van der Waals surface area contributed by atoms with Gasteiger partial charge < -0.3 is 4.90 Å². The van der Waals surface area contributed by atoms with Crippen molar-refractivity contribution < 1.29 is 0 Å². The van der Waals surface area contributed by atoms with Crippen molar-refractivity contribution in [3.63, 3.8) is 0 Å². The fourth-order valence-electron chi connectivity index (χ4n) is 2.45. The number of halogens is 1. The highest BCUT2D eigenvalue weighted by Crippen LogP contribution is 2.24. The molecule has 3 rings (SSSR count). The van der Waals surface area contributed by atoms with Crippen molar-refractivity contribution in [1.82, 2.24) is 19.6 Å². The van der Waals surface area contributed by atoms with Gasteiger partial charge in [0.25, 0.3) is 5.78 Å². The Hall–Kier alpha value is -1.17. The molecule has 1 fully saturated rings. The number of anilines is 1. The zero-order chi connectivity index (χ0) is 12.5. The standard InChI is InChI=1S/C12H16BrN5/c1-9-6-11(18-12(16-9)14-8-15-18)17-4-2-10(7-13)3-5-17/h6,8,10H,2-5,7H2,1H3. The van der Waals surface area contributed by atoms with Crippen LogP contribution in [0.4, 0.5) is 5.82 Å². The van der Waals surface area contributed by atoms with Crippen molar-refractivity contribution in [2.24, 2.45) is 5.92 Å². The molecule has 1 saturated heterocycles. The first kappa shape index (κ1) is 11.9. The molecular weight excluding hydrogens is 294 g/mol. The van der Waals surface area contributed by atoms with Crippen molar-refractivity contribution in [2.45, 2.75) is 19.8 Å². The van der Waals surface area contributed by atoms with Crippen LogP contribution in [0.1, 0.15) is 18.5 Å². The van der Waals surface area contributed by atoms with E-state index in [-0.39, 0.29) is 0 Å². The molecule has 2 aromatic heterocycles. The molecule has 0 aromatic carbocycles. The van der Waals surface area contributed by atoms with E-state index in [0.29, 0.717) is 5.78 Å². The average Bonchev–Trinajstić information content (AvgIpc) is 2.86. The zero-order valence-electron chi connectivity index (χ0n) is 10.4. The molecule has 0 saturated carbocycles. The number of hydrogen-bond donors (Lipinski definition) is 0. The number of hydrogen-bond acceptors (Lipinski definition) is 4. The number of aromatic nitrogens is 4. The number of alkyl halides is 1. The van der Waals surface area contributed by atoms with E-state index < -0.39 is 0 Å². The van der Waals surface area contributed by atoms with Crippen LogP contribution in [-0.2, 0) is 0 Å². The third-order valence-corrected chi connectivity index (χ3v) is 4.43. The van der Waals surface area contributed by atoms with Gasteiger partial charge in [-0.05, 0) is 25.7 Å². The van der Waals surface area contributed by atoms with Gasteiger partial charge in [0.05, 0.1) is 0 Å². The summed E-state index contributed by atoms with van der Waals surface area (Å²) in [7, 11) is 0. The Morgan fingerprint density at radius 3 is 2.89 bits per heavy atom. The third kappa shape index (κ3) is 2.09. The summed E-state index contributed by atoms with van der Waals surface area (Å²) in [6, 6.07) is 2.09. The Morgan fingerprint density at radius 2 is 2.17 bits per heavy atom. The molecule has 96 valence electrons. The maximum atomic E-state index is 4.38. The number of fused-ring (bicyclic) bond motifs is 1. The lowest BCUT2D eigenvalue weighted by Crippen LogP contribution is -2.35.